The fourth-order valence-electron chi connectivity index (χ4n) is 4.21. The minimum atomic E-state index is -3.49. The van der Waals surface area contributed by atoms with Gasteiger partial charge in [0.25, 0.3) is 0 Å². The van der Waals surface area contributed by atoms with Gasteiger partial charge in [0, 0.05) is 19.0 Å². The Balaban J connectivity index is 1.36. The first-order valence-corrected chi connectivity index (χ1v) is 11.3. The molecule has 1 heterocycles. The normalized spacial score (nSPS) is 20.7. The SMILES string of the molecule is Cc1ccc(S(=O)(=O)N2CCC(C(=O)N[C@H]3CCc4ccccc43)CC2)cc1. The van der Waals surface area contributed by atoms with Crippen molar-refractivity contribution in [1.82, 2.24) is 9.62 Å². The molecule has 2 aromatic rings. The molecule has 28 heavy (non-hydrogen) atoms. The van der Waals surface area contributed by atoms with E-state index in [9.17, 15) is 13.2 Å². The van der Waals surface area contributed by atoms with E-state index in [1.54, 1.807) is 12.1 Å². The van der Waals surface area contributed by atoms with E-state index in [4.69, 9.17) is 0 Å². The Morgan fingerprint density at radius 1 is 1.00 bits per heavy atom. The van der Waals surface area contributed by atoms with Crippen LogP contribution in [0, 0.1) is 12.8 Å². The number of carbonyl (C=O) groups is 1. The largest absolute Gasteiger partial charge is 0.349 e. The van der Waals surface area contributed by atoms with Crippen LogP contribution in [0.2, 0.25) is 0 Å². The smallest absolute Gasteiger partial charge is 0.243 e. The first kappa shape index (κ1) is 19.2. The molecular weight excluding hydrogens is 372 g/mol. The summed E-state index contributed by atoms with van der Waals surface area (Å²) in [6, 6.07) is 15.3. The molecule has 1 atom stereocenters. The maximum Gasteiger partial charge on any atom is 0.243 e. The van der Waals surface area contributed by atoms with Gasteiger partial charge < -0.3 is 5.32 Å². The molecule has 2 aromatic carbocycles. The van der Waals surface area contributed by atoms with Crippen molar-refractivity contribution in [2.45, 2.75) is 43.5 Å². The Morgan fingerprint density at radius 3 is 2.39 bits per heavy atom. The number of benzene rings is 2. The van der Waals surface area contributed by atoms with E-state index in [1.165, 1.54) is 15.4 Å². The second-order valence-corrected chi connectivity index (χ2v) is 9.73. The number of sulfonamides is 1. The lowest BCUT2D eigenvalue weighted by atomic mass is 9.96. The van der Waals surface area contributed by atoms with Gasteiger partial charge in [-0.3, -0.25) is 4.79 Å². The monoisotopic (exact) mass is 398 g/mol. The zero-order valence-corrected chi connectivity index (χ0v) is 16.9. The van der Waals surface area contributed by atoms with Gasteiger partial charge in [-0.05, 0) is 55.9 Å². The highest BCUT2D eigenvalue weighted by molar-refractivity contribution is 7.89. The minimum absolute atomic E-state index is 0.0501. The summed E-state index contributed by atoms with van der Waals surface area (Å²) in [4.78, 5) is 13.1. The summed E-state index contributed by atoms with van der Waals surface area (Å²) in [6.45, 7) is 2.70. The second-order valence-electron chi connectivity index (χ2n) is 7.79. The maximum absolute atomic E-state index is 12.8. The van der Waals surface area contributed by atoms with Gasteiger partial charge in [-0.2, -0.15) is 4.31 Å². The number of nitrogens with zero attached hydrogens (tertiary/aromatic N) is 1. The molecule has 0 saturated carbocycles. The number of nitrogens with one attached hydrogen (secondary N) is 1. The molecule has 5 nitrogen and oxygen atoms in total. The summed E-state index contributed by atoms with van der Waals surface area (Å²) < 4.78 is 27.1. The molecule has 1 saturated heterocycles. The third-order valence-corrected chi connectivity index (χ3v) is 7.85. The van der Waals surface area contributed by atoms with Crippen molar-refractivity contribution in [1.29, 1.82) is 0 Å². The molecule has 148 valence electrons. The van der Waals surface area contributed by atoms with Crippen LogP contribution in [0.5, 0.6) is 0 Å². The Bertz CT molecular complexity index is 962. The molecule has 1 aliphatic heterocycles. The van der Waals surface area contributed by atoms with Crippen molar-refractivity contribution in [3.8, 4) is 0 Å². The van der Waals surface area contributed by atoms with Gasteiger partial charge in [0.1, 0.15) is 0 Å². The topological polar surface area (TPSA) is 66.5 Å². The van der Waals surface area contributed by atoms with Crippen LogP contribution in [0.15, 0.2) is 53.4 Å². The highest BCUT2D eigenvalue weighted by Gasteiger charge is 2.33. The van der Waals surface area contributed by atoms with Crippen molar-refractivity contribution < 1.29 is 13.2 Å². The van der Waals surface area contributed by atoms with E-state index < -0.39 is 10.0 Å². The van der Waals surface area contributed by atoms with Crippen LogP contribution < -0.4 is 5.32 Å². The molecule has 0 spiro atoms. The molecule has 1 N–H and O–H groups in total. The van der Waals surface area contributed by atoms with Crippen LogP contribution in [-0.2, 0) is 21.2 Å². The molecule has 4 rings (SSSR count). The van der Waals surface area contributed by atoms with Crippen molar-refractivity contribution >= 4 is 15.9 Å². The van der Waals surface area contributed by atoms with Gasteiger partial charge in [0.15, 0.2) is 0 Å². The Morgan fingerprint density at radius 2 is 1.68 bits per heavy atom. The van der Waals surface area contributed by atoms with Gasteiger partial charge in [0.2, 0.25) is 15.9 Å². The molecule has 2 aliphatic rings. The molecule has 6 heteroatoms. The summed E-state index contributed by atoms with van der Waals surface area (Å²) in [5.74, 6) is -0.0775. The summed E-state index contributed by atoms with van der Waals surface area (Å²) in [5.41, 5.74) is 3.56. The van der Waals surface area contributed by atoms with Crippen molar-refractivity contribution in [3.63, 3.8) is 0 Å². The van der Waals surface area contributed by atoms with Gasteiger partial charge >= 0.3 is 0 Å². The van der Waals surface area contributed by atoms with E-state index in [1.807, 2.05) is 31.2 Å². The molecule has 0 aromatic heterocycles. The zero-order valence-electron chi connectivity index (χ0n) is 16.1. The van der Waals surface area contributed by atoms with Crippen LogP contribution in [0.25, 0.3) is 0 Å². The molecule has 1 aliphatic carbocycles. The summed E-state index contributed by atoms with van der Waals surface area (Å²) in [7, 11) is -3.49. The van der Waals surface area contributed by atoms with E-state index >= 15 is 0 Å². The number of hydrogen-bond donors (Lipinski definition) is 1. The van der Waals surface area contributed by atoms with E-state index in [2.05, 4.69) is 17.4 Å². The highest BCUT2D eigenvalue weighted by atomic mass is 32.2. The van der Waals surface area contributed by atoms with E-state index in [-0.39, 0.29) is 17.9 Å². The maximum atomic E-state index is 12.8. The van der Waals surface area contributed by atoms with Crippen molar-refractivity contribution in [3.05, 3.63) is 65.2 Å². The summed E-state index contributed by atoms with van der Waals surface area (Å²) in [5, 5.41) is 3.19. The van der Waals surface area contributed by atoms with Gasteiger partial charge in [0.05, 0.1) is 10.9 Å². The van der Waals surface area contributed by atoms with Crippen LogP contribution in [0.1, 0.15) is 42.0 Å². The van der Waals surface area contributed by atoms with Gasteiger partial charge in [-0.15, -0.1) is 0 Å². The average molecular weight is 399 g/mol. The number of rotatable bonds is 4. The Kier molecular flexibility index (Phi) is 5.25. The van der Waals surface area contributed by atoms with Crippen LogP contribution in [0.3, 0.4) is 0 Å². The number of fused-ring (bicyclic) bond motifs is 1. The lowest BCUT2D eigenvalue weighted by molar-refractivity contribution is -0.126. The third-order valence-electron chi connectivity index (χ3n) is 5.93. The van der Waals surface area contributed by atoms with E-state index in [0.29, 0.717) is 30.8 Å². The number of hydrogen-bond acceptors (Lipinski definition) is 3. The molecule has 0 unspecified atom stereocenters. The minimum Gasteiger partial charge on any atom is -0.349 e. The fourth-order valence-corrected chi connectivity index (χ4v) is 5.68. The summed E-state index contributed by atoms with van der Waals surface area (Å²) >= 11 is 0. The first-order chi connectivity index (χ1) is 13.4. The molecule has 1 amide bonds. The van der Waals surface area contributed by atoms with E-state index in [0.717, 1.165) is 18.4 Å². The molecular formula is C22H26N2O3S. The third kappa shape index (κ3) is 3.71. The predicted molar refractivity (Wildman–Crippen MR) is 108 cm³/mol. The summed E-state index contributed by atoms with van der Waals surface area (Å²) in [6.07, 6.45) is 3.05. The Hall–Kier alpha value is -2.18. The van der Waals surface area contributed by atoms with Crippen LogP contribution >= 0.6 is 0 Å². The first-order valence-electron chi connectivity index (χ1n) is 9.90. The number of aryl methyl sites for hydroxylation is 2. The fraction of sp³-hybridized carbons (Fsp3) is 0.409. The Labute approximate surface area is 166 Å². The average Bonchev–Trinajstić information content (AvgIpc) is 3.11. The number of piperidine rings is 1. The standard InChI is InChI=1S/C22H26N2O3S/c1-16-6-9-19(10-7-16)28(26,27)24-14-12-18(13-15-24)22(25)23-21-11-8-17-4-2-3-5-20(17)21/h2-7,9-10,18,21H,8,11-15H2,1H3,(H,23,25)/t21-/m0/s1. The van der Waals surface area contributed by atoms with Crippen LogP contribution in [-0.4, -0.2) is 31.7 Å². The zero-order chi connectivity index (χ0) is 19.7. The number of carbonyl (C=O) groups excluding carboxylic acids is 1. The van der Waals surface area contributed by atoms with Crippen molar-refractivity contribution in [2.75, 3.05) is 13.1 Å². The molecule has 0 radical (unpaired) electrons. The lowest BCUT2D eigenvalue weighted by Gasteiger charge is -2.31. The molecule has 1 fully saturated rings. The highest BCUT2D eigenvalue weighted by Crippen LogP contribution is 2.32. The van der Waals surface area contributed by atoms with Gasteiger partial charge in [-0.25, -0.2) is 8.42 Å². The van der Waals surface area contributed by atoms with Gasteiger partial charge in [-0.1, -0.05) is 42.0 Å². The lowest BCUT2D eigenvalue weighted by Crippen LogP contribution is -2.43. The predicted octanol–water partition coefficient (Wildman–Crippen LogP) is 3.20. The second kappa shape index (κ2) is 7.68. The quantitative estimate of drug-likeness (QED) is 0.860. The molecule has 0 bridgehead atoms. The number of amides is 1. The van der Waals surface area contributed by atoms with Crippen molar-refractivity contribution in [2.24, 2.45) is 5.92 Å². The van der Waals surface area contributed by atoms with Crippen LogP contribution in [0.4, 0.5) is 0 Å².